The van der Waals surface area contributed by atoms with E-state index in [9.17, 15) is 19.2 Å². The zero-order chi connectivity index (χ0) is 28.6. The summed E-state index contributed by atoms with van der Waals surface area (Å²) in [6.45, 7) is 4.30. The van der Waals surface area contributed by atoms with Crippen molar-refractivity contribution < 1.29 is 14.0 Å². The van der Waals surface area contributed by atoms with Crippen LogP contribution in [-0.2, 0) is 13.0 Å². The maximum atomic E-state index is 14.2. The van der Waals surface area contributed by atoms with Gasteiger partial charge < -0.3 is 10.2 Å². The fraction of sp³-hybridized carbons (Fsp3) is 0.364. The second-order valence-electron chi connectivity index (χ2n) is 11.7. The smallest absolute Gasteiger partial charge is 0.254 e. The van der Waals surface area contributed by atoms with Gasteiger partial charge in [-0.3, -0.25) is 14.5 Å². The number of nitrogens with one attached hydrogen (secondary N) is 1. The van der Waals surface area contributed by atoms with Crippen LogP contribution in [0.3, 0.4) is 0 Å². The maximum absolute atomic E-state index is 14.2. The van der Waals surface area contributed by atoms with E-state index in [1.807, 2.05) is 41.3 Å². The molecule has 1 unspecified atom stereocenters. The van der Waals surface area contributed by atoms with Crippen molar-refractivity contribution in [3.63, 3.8) is 0 Å². The van der Waals surface area contributed by atoms with Gasteiger partial charge in [0.25, 0.3) is 11.8 Å². The first-order valence-electron chi connectivity index (χ1n) is 14.2. The highest BCUT2D eigenvalue weighted by Gasteiger charge is 2.42. The molecule has 1 atom stereocenters. The number of piperidine rings is 1. The Labute approximate surface area is 244 Å². The lowest BCUT2D eigenvalue weighted by atomic mass is 9.77. The molecule has 1 aliphatic carbocycles. The molecule has 1 spiro atoms. The molecule has 0 aromatic heterocycles. The van der Waals surface area contributed by atoms with Crippen LogP contribution in [0.2, 0.25) is 5.02 Å². The van der Waals surface area contributed by atoms with Crippen molar-refractivity contribution >= 4 is 23.4 Å². The summed E-state index contributed by atoms with van der Waals surface area (Å²) >= 11 is 5.98. The molecular weight excluding hydrogens is 539 g/mol. The number of carbonyl (C=O) groups is 2. The molecule has 0 saturated carbocycles. The fourth-order valence-corrected chi connectivity index (χ4v) is 6.85. The van der Waals surface area contributed by atoms with Gasteiger partial charge in [0.15, 0.2) is 0 Å². The lowest BCUT2D eigenvalue weighted by Crippen LogP contribution is -2.42. The summed E-state index contributed by atoms with van der Waals surface area (Å²) in [5, 5.41) is 12.4. The predicted octanol–water partition coefficient (Wildman–Crippen LogP) is 5.90. The highest BCUT2D eigenvalue weighted by molar-refractivity contribution is 6.31. The Hall–Kier alpha value is -3.73. The highest BCUT2D eigenvalue weighted by atomic mass is 35.5. The minimum absolute atomic E-state index is 0.0262. The lowest BCUT2D eigenvalue weighted by Gasteiger charge is -2.39. The number of likely N-dealkylation sites (tertiary alicyclic amines) is 2. The monoisotopic (exact) mass is 570 g/mol. The summed E-state index contributed by atoms with van der Waals surface area (Å²) in [6, 6.07) is 19.5. The largest absolute Gasteiger partial charge is 0.345 e. The summed E-state index contributed by atoms with van der Waals surface area (Å²) < 4.78 is 14.2. The number of carbonyl (C=O) groups excluding carboxylic acids is 2. The van der Waals surface area contributed by atoms with Gasteiger partial charge in [0.1, 0.15) is 5.82 Å². The SMILES string of the molecule is N#Cc1cccc(CN2CCC3(CC2)CCN(C(=O)c2ccc4c(c2)C(NC(=O)c2cc(Cl)ccc2F)CC4)C3)c1. The standard InChI is InChI=1S/C33H32ClFN4O2/c34-26-7-8-29(35)28(18-26)31(40)37-30-9-6-24-4-5-25(17-27(24)30)32(41)39-15-12-33(21-39)10-13-38(14-11-33)20-23-3-1-2-22(16-23)19-36/h1-5,7-8,16-18,30H,6,9-15,20-21H2,(H,37,40). The van der Waals surface area contributed by atoms with Crippen molar-refractivity contribution in [2.24, 2.45) is 5.41 Å². The topological polar surface area (TPSA) is 76.4 Å². The van der Waals surface area contributed by atoms with E-state index in [4.69, 9.17) is 11.6 Å². The molecule has 6 rings (SSSR count). The first-order valence-corrected chi connectivity index (χ1v) is 14.6. The lowest BCUT2D eigenvalue weighted by molar-refractivity contribution is 0.0713. The van der Waals surface area contributed by atoms with E-state index in [0.29, 0.717) is 22.6 Å². The van der Waals surface area contributed by atoms with E-state index >= 15 is 0 Å². The molecule has 2 saturated heterocycles. The average molecular weight is 571 g/mol. The van der Waals surface area contributed by atoms with Gasteiger partial charge in [-0.2, -0.15) is 5.26 Å². The Kier molecular flexibility index (Phi) is 7.54. The third-order valence-corrected chi connectivity index (χ3v) is 9.29. The van der Waals surface area contributed by atoms with E-state index in [0.717, 1.165) is 75.1 Å². The van der Waals surface area contributed by atoms with E-state index in [-0.39, 0.29) is 22.9 Å². The molecule has 41 heavy (non-hydrogen) atoms. The fourth-order valence-electron chi connectivity index (χ4n) is 6.67. The van der Waals surface area contributed by atoms with Gasteiger partial charge in [0, 0.05) is 30.2 Å². The Morgan fingerprint density at radius 1 is 1.05 bits per heavy atom. The summed E-state index contributed by atoms with van der Waals surface area (Å²) in [5.41, 5.74) is 4.57. The van der Waals surface area contributed by atoms with Crippen molar-refractivity contribution in [1.82, 2.24) is 15.1 Å². The van der Waals surface area contributed by atoms with Gasteiger partial charge in [-0.05, 0) is 110 Å². The third kappa shape index (κ3) is 5.72. The summed E-state index contributed by atoms with van der Waals surface area (Å²) in [6.07, 6.45) is 4.59. The van der Waals surface area contributed by atoms with Crippen LogP contribution >= 0.6 is 11.6 Å². The van der Waals surface area contributed by atoms with E-state index in [1.54, 1.807) is 0 Å². The number of halogens is 2. The van der Waals surface area contributed by atoms with E-state index in [2.05, 4.69) is 22.4 Å². The van der Waals surface area contributed by atoms with Gasteiger partial charge in [0.05, 0.1) is 23.2 Å². The van der Waals surface area contributed by atoms with Crippen molar-refractivity contribution in [2.75, 3.05) is 26.2 Å². The molecule has 2 heterocycles. The number of hydrogen-bond acceptors (Lipinski definition) is 4. The maximum Gasteiger partial charge on any atom is 0.254 e. The molecular formula is C33H32ClFN4O2. The number of hydrogen-bond donors (Lipinski definition) is 1. The summed E-state index contributed by atoms with van der Waals surface area (Å²) in [5.74, 6) is -1.10. The predicted molar refractivity (Wildman–Crippen MR) is 155 cm³/mol. The molecule has 3 aromatic rings. The van der Waals surface area contributed by atoms with Crippen LogP contribution in [0.25, 0.3) is 0 Å². The summed E-state index contributed by atoms with van der Waals surface area (Å²) in [4.78, 5) is 30.9. The van der Waals surface area contributed by atoms with E-state index in [1.165, 1.54) is 18.2 Å². The number of nitriles is 1. The van der Waals surface area contributed by atoms with Crippen LogP contribution in [0, 0.1) is 22.6 Å². The van der Waals surface area contributed by atoms with Crippen LogP contribution in [-0.4, -0.2) is 47.8 Å². The van der Waals surface area contributed by atoms with Crippen molar-refractivity contribution in [1.29, 1.82) is 5.26 Å². The van der Waals surface area contributed by atoms with Crippen molar-refractivity contribution in [3.8, 4) is 6.07 Å². The second-order valence-corrected chi connectivity index (χ2v) is 12.1. The first-order chi connectivity index (χ1) is 19.8. The minimum atomic E-state index is -0.615. The highest BCUT2D eigenvalue weighted by Crippen LogP contribution is 2.41. The molecule has 1 N–H and O–H groups in total. The Bertz CT molecular complexity index is 1540. The molecule has 2 aliphatic heterocycles. The Balaban J connectivity index is 1.08. The summed E-state index contributed by atoms with van der Waals surface area (Å²) in [7, 11) is 0. The van der Waals surface area contributed by atoms with Crippen molar-refractivity contribution in [2.45, 2.75) is 44.7 Å². The van der Waals surface area contributed by atoms with Crippen LogP contribution < -0.4 is 5.32 Å². The van der Waals surface area contributed by atoms with Gasteiger partial charge >= 0.3 is 0 Å². The zero-order valence-electron chi connectivity index (χ0n) is 22.8. The van der Waals surface area contributed by atoms with Gasteiger partial charge in [-0.1, -0.05) is 29.8 Å². The van der Waals surface area contributed by atoms with Gasteiger partial charge in [-0.25, -0.2) is 4.39 Å². The Morgan fingerprint density at radius 3 is 2.66 bits per heavy atom. The third-order valence-electron chi connectivity index (χ3n) is 9.05. The number of amides is 2. The van der Waals surface area contributed by atoms with Gasteiger partial charge in [-0.15, -0.1) is 0 Å². The molecule has 210 valence electrons. The van der Waals surface area contributed by atoms with Crippen LogP contribution in [0.5, 0.6) is 0 Å². The molecule has 0 radical (unpaired) electrons. The molecule has 3 aliphatic rings. The van der Waals surface area contributed by atoms with Crippen LogP contribution in [0.4, 0.5) is 4.39 Å². The average Bonchev–Trinajstić information content (AvgIpc) is 3.59. The normalized spacial score (nSPS) is 19.6. The number of rotatable bonds is 5. The molecule has 3 aromatic carbocycles. The molecule has 6 nitrogen and oxygen atoms in total. The first kappa shape index (κ1) is 27.4. The number of nitrogens with zero attached hydrogens (tertiary/aromatic N) is 3. The number of benzene rings is 3. The van der Waals surface area contributed by atoms with Crippen LogP contribution in [0.15, 0.2) is 60.7 Å². The van der Waals surface area contributed by atoms with Gasteiger partial charge in [0.2, 0.25) is 0 Å². The number of aryl methyl sites for hydroxylation is 1. The molecule has 2 fully saturated rings. The number of fused-ring (bicyclic) bond motifs is 1. The molecule has 0 bridgehead atoms. The molecule has 8 heteroatoms. The van der Waals surface area contributed by atoms with Crippen molar-refractivity contribution in [3.05, 3.63) is 105 Å². The minimum Gasteiger partial charge on any atom is -0.345 e. The Morgan fingerprint density at radius 2 is 1.85 bits per heavy atom. The van der Waals surface area contributed by atoms with Crippen LogP contribution in [0.1, 0.15) is 74.7 Å². The zero-order valence-corrected chi connectivity index (χ0v) is 23.6. The molecule has 2 amide bonds. The quantitative estimate of drug-likeness (QED) is 0.415. The second kappa shape index (κ2) is 11.3. The van der Waals surface area contributed by atoms with E-state index < -0.39 is 11.7 Å².